The second-order valence-corrected chi connectivity index (χ2v) is 4.11. The fourth-order valence-electron chi connectivity index (χ4n) is 2.04. The number of anilines is 1. The first kappa shape index (κ1) is 13.3. The van der Waals surface area contributed by atoms with Crippen molar-refractivity contribution in [3.05, 3.63) is 28.1 Å². The Hall–Kier alpha value is -2.17. The molecule has 0 fully saturated rings. The van der Waals surface area contributed by atoms with E-state index < -0.39 is 5.63 Å². The van der Waals surface area contributed by atoms with E-state index >= 15 is 0 Å². The number of nitrogen functional groups attached to an aromatic ring is 1. The maximum absolute atomic E-state index is 11.4. The van der Waals surface area contributed by atoms with E-state index in [1.54, 1.807) is 6.07 Å². The highest BCUT2D eigenvalue weighted by Gasteiger charge is 2.17. The van der Waals surface area contributed by atoms with Gasteiger partial charge in [-0.15, -0.1) is 0 Å². The molecule has 5 nitrogen and oxygen atoms in total. The van der Waals surface area contributed by atoms with Crippen molar-refractivity contribution in [2.24, 2.45) is 0 Å². The van der Waals surface area contributed by atoms with E-state index in [-0.39, 0.29) is 0 Å². The van der Waals surface area contributed by atoms with Crippen molar-refractivity contribution in [3.8, 4) is 11.5 Å². The Labute approximate surface area is 110 Å². The van der Waals surface area contributed by atoms with Crippen LogP contribution in [0.15, 0.2) is 21.3 Å². The van der Waals surface area contributed by atoms with E-state index in [0.717, 1.165) is 5.56 Å². The van der Waals surface area contributed by atoms with Gasteiger partial charge in [0.2, 0.25) is 0 Å². The number of benzene rings is 1. The Balaban J connectivity index is 2.83. The topological polar surface area (TPSA) is 74.7 Å². The number of hydrogen-bond donors (Lipinski definition) is 1. The third-order valence-corrected chi connectivity index (χ3v) is 2.77. The maximum atomic E-state index is 11.4. The summed E-state index contributed by atoms with van der Waals surface area (Å²) < 4.78 is 16.2. The van der Waals surface area contributed by atoms with Crippen LogP contribution in [-0.4, -0.2) is 13.2 Å². The zero-order chi connectivity index (χ0) is 14.0. The number of rotatable bonds is 4. The van der Waals surface area contributed by atoms with Crippen molar-refractivity contribution in [1.82, 2.24) is 0 Å². The van der Waals surface area contributed by atoms with E-state index in [9.17, 15) is 4.79 Å². The fourth-order valence-corrected chi connectivity index (χ4v) is 2.04. The zero-order valence-electron chi connectivity index (χ0n) is 11.3. The van der Waals surface area contributed by atoms with Gasteiger partial charge < -0.3 is 19.6 Å². The van der Waals surface area contributed by atoms with Gasteiger partial charge in [0.25, 0.3) is 0 Å². The first-order valence-corrected chi connectivity index (χ1v) is 6.21. The van der Waals surface area contributed by atoms with Crippen LogP contribution in [-0.2, 0) is 0 Å². The standard InChI is InChI=1S/C14H17NO4/c1-4-17-10-7-9-12(8(3)6-11(16)19-9)14(13(10)15)18-5-2/h6-7H,4-5,15H2,1-3H3. The molecule has 0 atom stereocenters. The minimum absolute atomic E-state index is 0.403. The van der Waals surface area contributed by atoms with E-state index in [0.29, 0.717) is 41.4 Å². The normalized spacial score (nSPS) is 10.7. The van der Waals surface area contributed by atoms with Crippen LogP contribution < -0.4 is 20.8 Å². The Bertz CT molecular complexity index is 661. The summed E-state index contributed by atoms with van der Waals surface area (Å²) in [7, 11) is 0. The first-order valence-electron chi connectivity index (χ1n) is 6.21. The molecule has 0 aliphatic heterocycles. The summed E-state index contributed by atoms with van der Waals surface area (Å²) in [5, 5.41) is 0.711. The Morgan fingerprint density at radius 2 is 1.89 bits per heavy atom. The van der Waals surface area contributed by atoms with Crippen molar-refractivity contribution >= 4 is 16.7 Å². The van der Waals surface area contributed by atoms with Crippen LogP contribution in [0.2, 0.25) is 0 Å². The summed E-state index contributed by atoms with van der Waals surface area (Å²) >= 11 is 0. The maximum Gasteiger partial charge on any atom is 0.336 e. The minimum atomic E-state index is -0.403. The molecule has 1 heterocycles. The summed E-state index contributed by atoms with van der Waals surface area (Å²) in [5.41, 5.74) is 7.27. The fraction of sp³-hybridized carbons (Fsp3) is 0.357. The van der Waals surface area contributed by atoms with Gasteiger partial charge in [-0.1, -0.05) is 0 Å². The number of ether oxygens (including phenoxy) is 2. The Morgan fingerprint density at radius 1 is 1.21 bits per heavy atom. The van der Waals surface area contributed by atoms with Crippen LogP contribution in [0.4, 0.5) is 5.69 Å². The molecule has 19 heavy (non-hydrogen) atoms. The number of nitrogens with two attached hydrogens (primary N) is 1. The lowest BCUT2D eigenvalue weighted by Crippen LogP contribution is -2.05. The van der Waals surface area contributed by atoms with Crippen molar-refractivity contribution in [3.63, 3.8) is 0 Å². The molecule has 5 heteroatoms. The molecule has 1 aromatic heterocycles. The van der Waals surface area contributed by atoms with Gasteiger partial charge in [0.05, 0.1) is 18.6 Å². The predicted octanol–water partition coefficient (Wildman–Crippen LogP) is 2.48. The molecule has 0 unspecified atom stereocenters. The highest BCUT2D eigenvalue weighted by molar-refractivity contribution is 5.94. The SMILES string of the molecule is CCOc1cc2oc(=O)cc(C)c2c(OCC)c1N. The summed E-state index contributed by atoms with van der Waals surface area (Å²) in [4.78, 5) is 11.4. The van der Waals surface area contributed by atoms with Gasteiger partial charge in [0.15, 0.2) is 5.75 Å². The smallest absolute Gasteiger partial charge is 0.336 e. The molecule has 0 saturated carbocycles. The molecule has 0 aliphatic rings. The molecular weight excluding hydrogens is 246 g/mol. The highest BCUT2D eigenvalue weighted by Crippen LogP contribution is 2.40. The van der Waals surface area contributed by atoms with E-state index in [1.165, 1.54) is 6.07 Å². The molecule has 2 rings (SSSR count). The van der Waals surface area contributed by atoms with Gasteiger partial charge in [-0.2, -0.15) is 0 Å². The largest absolute Gasteiger partial charge is 0.491 e. The van der Waals surface area contributed by atoms with Crippen LogP contribution >= 0.6 is 0 Å². The predicted molar refractivity (Wildman–Crippen MR) is 74.0 cm³/mol. The molecule has 102 valence electrons. The summed E-state index contributed by atoms with van der Waals surface area (Å²) in [6, 6.07) is 3.05. The van der Waals surface area contributed by atoms with Crippen molar-refractivity contribution in [2.45, 2.75) is 20.8 Å². The van der Waals surface area contributed by atoms with Gasteiger partial charge in [0.1, 0.15) is 17.0 Å². The molecule has 2 aromatic rings. The third-order valence-electron chi connectivity index (χ3n) is 2.77. The van der Waals surface area contributed by atoms with Crippen molar-refractivity contribution in [2.75, 3.05) is 18.9 Å². The van der Waals surface area contributed by atoms with Gasteiger partial charge in [-0.05, 0) is 26.3 Å². The zero-order valence-corrected chi connectivity index (χ0v) is 11.3. The second-order valence-electron chi connectivity index (χ2n) is 4.11. The summed E-state index contributed by atoms with van der Waals surface area (Å²) in [6.07, 6.45) is 0. The number of fused-ring (bicyclic) bond motifs is 1. The van der Waals surface area contributed by atoms with Gasteiger partial charge in [-0.3, -0.25) is 0 Å². The van der Waals surface area contributed by atoms with E-state index in [1.807, 2.05) is 20.8 Å². The molecule has 0 bridgehead atoms. The summed E-state index contributed by atoms with van der Waals surface area (Å²) in [6.45, 7) is 6.48. The van der Waals surface area contributed by atoms with E-state index in [2.05, 4.69) is 0 Å². The average Bonchev–Trinajstić information content (AvgIpc) is 2.34. The van der Waals surface area contributed by atoms with Crippen LogP contribution in [0.1, 0.15) is 19.4 Å². The van der Waals surface area contributed by atoms with Gasteiger partial charge in [-0.25, -0.2) is 4.79 Å². The molecule has 0 spiro atoms. The Kier molecular flexibility index (Phi) is 3.64. The van der Waals surface area contributed by atoms with Gasteiger partial charge >= 0.3 is 5.63 Å². The lowest BCUT2D eigenvalue weighted by molar-refractivity contribution is 0.328. The molecule has 1 aromatic carbocycles. The second kappa shape index (κ2) is 5.22. The molecule has 0 amide bonds. The Morgan fingerprint density at radius 3 is 2.53 bits per heavy atom. The molecule has 0 saturated heterocycles. The molecule has 2 N–H and O–H groups in total. The van der Waals surface area contributed by atoms with Crippen LogP contribution in [0.5, 0.6) is 11.5 Å². The van der Waals surface area contributed by atoms with Crippen LogP contribution in [0, 0.1) is 6.92 Å². The minimum Gasteiger partial charge on any atom is -0.491 e. The third kappa shape index (κ3) is 2.36. The van der Waals surface area contributed by atoms with Crippen molar-refractivity contribution in [1.29, 1.82) is 0 Å². The van der Waals surface area contributed by atoms with Crippen LogP contribution in [0.25, 0.3) is 11.0 Å². The molecule has 0 radical (unpaired) electrons. The first-order chi connectivity index (χ1) is 9.08. The average molecular weight is 263 g/mol. The van der Waals surface area contributed by atoms with Crippen LogP contribution in [0.3, 0.4) is 0 Å². The molecule has 0 aliphatic carbocycles. The number of aryl methyl sites for hydroxylation is 1. The quantitative estimate of drug-likeness (QED) is 0.677. The van der Waals surface area contributed by atoms with Gasteiger partial charge in [0, 0.05) is 12.1 Å². The summed E-state index contributed by atoms with van der Waals surface area (Å²) in [5.74, 6) is 0.969. The number of hydrogen-bond acceptors (Lipinski definition) is 5. The van der Waals surface area contributed by atoms with Crippen molar-refractivity contribution < 1.29 is 13.9 Å². The lowest BCUT2D eigenvalue weighted by atomic mass is 10.1. The highest BCUT2D eigenvalue weighted by atomic mass is 16.5. The van der Waals surface area contributed by atoms with E-state index in [4.69, 9.17) is 19.6 Å². The molecular formula is C14H17NO4. The lowest BCUT2D eigenvalue weighted by Gasteiger charge is -2.15. The monoisotopic (exact) mass is 263 g/mol.